The van der Waals surface area contributed by atoms with Crippen molar-refractivity contribution < 1.29 is 19.0 Å². The van der Waals surface area contributed by atoms with Crippen LogP contribution in [0.5, 0.6) is 17.2 Å². The number of anilines is 1. The fraction of sp³-hybridized carbons (Fsp3) is 0.381. The van der Waals surface area contributed by atoms with Gasteiger partial charge in [-0.1, -0.05) is 31.5 Å². The Morgan fingerprint density at radius 2 is 1.62 bits per heavy atom. The van der Waals surface area contributed by atoms with Crippen molar-refractivity contribution in [3.05, 3.63) is 47.5 Å². The molecule has 140 valence electrons. The van der Waals surface area contributed by atoms with Crippen LogP contribution in [0, 0.1) is 0 Å². The van der Waals surface area contributed by atoms with Gasteiger partial charge in [-0.2, -0.15) is 0 Å². The lowest BCUT2D eigenvalue weighted by molar-refractivity contribution is -0.115. The molecule has 0 aliphatic rings. The van der Waals surface area contributed by atoms with Crippen LogP contribution in [0.15, 0.2) is 36.4 Å². The Balaban J connectivity index is 2.07. The number of rotatable bonds is 9. The second-order valence-electron chi connectivity index (χ2n) is 6.02. The van der Waals surface area contributed by atoms with Crippen LogP contribution in [0.2, 0.25) is 0 Å². The molecule has 0 saturated carbocycles. The number of amides is 1. The molecule has 5 nitrogen and oxygen atoms in total. The summed E-state index contributed by atoms with van der Waals surface area (Å²) < 4.78 is 16.1. The molecule has 2 aromatic rings. The number of benzene rings is 2. The van der Waals surface area contributed by atoms with Crippen molar-refractivity contribution in [2.24, 2.45) is 0 Å². The molecule has 0 radical (unpaired) electrons. The second-order valence-corrected chi connectivity index (χ2v) is 6.02. The maximum absolute atomic E-state index is 12.4. The molecule has 0 fully saturated rings. The van der Waals surface area contributed by atoms with Gasteiger partial charge >= 0.3 is 0 Å². The summed E-state index contributed by atoms with van der Waals surface area (Å²) in [4.78, 5) is 12.4. The van der Waals surface area contributed by atoms with Crippen LogP contribution in [-0.4, -0.2) is 27.2 Å². The minimum atomic E-state index is -0.114. The molecule has 0 bridgehead atoms. The number of ether oxygens (including phenoxy) is 3. The van der Waals surface area contributed by atoms with Crippen LogP contribution < -0.4 is 19.5 Å². The lowest BCUT2D eigenvalue weighted by atomic mass is 10.1. The number of hydrogen-bond acceptors (Lipinski definition) is 4. The zero-order valence-corrected chi connectivity index (χ0v) is 15.9. The van der Waals surface area contributed by atoms with E-state index in [-0.39, 0.29) is 12.3 Å². The highest BCUT2D eigenvalue weighted by atomic mass is 16.5. The first-order valence-electron chi connectivity index (χ1n) is 8.79. The van der Waals surface area contributed by atoms with Crippen LogP contribution in [0.25, 0.3) is 0 Å². The Labute approximate surface area is 155 Å². The summed E-state index contributed by atoms with van der Waals surface area (Å²) in [7, 11) is 4.66. The number of hydrogen-bond donors (Lipinski definition) is 1. The van der Waals surface area contributed by atoms with E-state index < -0.39 is 0 Å². The monoisotopic (exact) mass is 357 g/mol. The molecule has 0 aliphatic carbocycles. The molecule has 5 heteroatoms. The van der Waals surface area contributed by atoms with E-state index in [9.17, 15) is 4.79 Å². The Kier molecular flexibility index (Phi) is 7.33. The normalized spacial score (nSPS) is 10.3. The fourth-order valence-electron chi connectivity index (χ4n) is 2.82. The highest BCUT2D eigenvalue weighted by molar-refractivity contribution is 5.92. The summed E-state index contributed by atoms with van der Waals surface area (Å²) in [5.41, 5.74) is 2.81. The lowest BCUT2D eigenvalue weighted by Crippen LogP contribution is -2.15. The standard InChI is InChI=1S/C21H27NO4/c1-5-6-7-15-8-11-17(12-9-15)22-19(23)14-16-10-13-18(24-2)21(26-4)20(16)25-3/h8-13H,5-7,14H2,1-4H3,(H,22,23). The highest BCUT2D eigenvalue weighted by Gasteiger charge is 2.17. The molecule has 26 heavy (non-hydrogen) atoms. The summed E-state index contributed by atoms with van der Waals surface area (Å²) in [6, 6.07) is 11.6. The van der Waals surface area contributed by atoms with Gasteiger partial charge in [-0.3, -0.25) is 4.79 Å². The first-order valence-corrected chi connectivity index (χ1v) is 8.79. The second kappa shape index (κ2) is 9.70. The van der Waals surface area contributed by atoms with Gasteiger partial charge in [0.15, 0.2) is 11.5 Å². The van der Waals surface area contributed by atoms with Crippen LogP contribution >= 0.6 is 0 Å². The molecular formula is C21H27NO4. The molecule has 0 spiro atoms. The molecular weight excluding hydrogens is 330 g/mol. The van der Waals surface area contributed by atoms with Crippen LogP contribution in [-0.2, 0) is 17.6 Å². The summed E-state index contributed by atoms with van der Waals surface area (Å²) in [6.07, 6.45) is 3.59. The third kappa shape index (κ3) is 4.91. The number of carbonyl (C=O) groups is 1. The van der Waals surface area contributed by atoms with Gasteiger partial charge in [-0.15, -0.1) is 0 Å². The minimum absolute atomic E-state index is 0.114. The van der Waals surface area contributed by atoms with Gasteiger partial charge in [0.05, 0.1) is 27.8 Å². The predicted molar refractivity (Wildman–Crippen MR) is 103 cm³/mol. The number of unbranched alkanes of at least 4 members (excludes halogenated alkanes) is 1. The topological polar surface area (TPSA) is 56.8 Å². The van der Waals surface area contributed by atoms with E-state index in [0.29, 0.717) is 17.2 Å². The van der Waals surface area contributed by atoms with E-state index >= 15 is 0 Å². The van der Waals surface area contributed by atoms with Gasteiger partial charge in [-0.05, 0) is 36.6 Å². The average Bonchev–Trinajstić information content (AvgIpc) is 2.66. The third-order valence-electron chi connectivity index (χ3n) is 4.19. The van der Waals surface area contributed by atoms with E-state index in [2.05, 4.69) is 24.4 Å². The van der Waals surface area contributed by atoms with Crippen molar-refractivity contribution in [1.29, 1.82) is 0 Å². The van der Waals surface area contributed by atoms with Gasteiger partial charge < -0.3 is 19.5 Å². The van der Waals surface area contributed by atoms with Crippen molar-refractivity contribution in [3.63, 3.8) is 0 Å². The van der Waals surface area contributed by atoms with Crippen molar-refractivity contribution in [2.75, 3.05) is 26.6 Å². The SMILES string of the molecule is CCCCc1ccc(NC(=O)Cc2ccc(OC)c(OC)c2OC)cc1. The van der Waals surface area contributed by atoms with Crippen molar-refractivity contribution in [3.8, 4) is 17.2 Å². The van der Waals surface area contributed by atoms with Gasteiger partial charge in [0.1, 0.15) is 0 Å². The maximum atomic E-state index is 12.4. The number of methoxy groups -OCH3 is 3. The molecule has 1 amide bonds. The van der Waals surface area contributed by atoms with E-state index in [1.165, 1.54) is 18.4 Å². The Morgan fingerprint density at radius 3 is 2.19 bits per heavy atom. The summed E-state index contributed by atoms with van der Waals surface area (Å²) in [6.45, 7) is 2.18. The van der Waals surface area contributed by atoms with Gasteiger partial charge in [0, 0.05) is 11.3 Å². The van der Waals surface area contributed by atoms with Crippen LogP contribution in [0.1, 0.15) is 30.9 Å². The van der Waals surface area contributed by atoms with Gasteiger partial charge in [0.2, 0.25) is 11.7 Å². The summed E-state index contributed by atoms with van der Waals surface area (Å²) in [5, 5.41) is 2.92. The molecule has 1 N–H and O–H groups in total. The van der Waals surface area contributed by atoms with Gasteiger partial charge in [0.25, 0.3) is 0 Å². The lowest BCUT2D eigenvalue weighted by Gasteiger charge is -2.15. The molecule has 2 aromatic carbocycles. The number of nitrogens with one attached hydrogen (secondary N) is 1. The maximum Gasteiger partial charge on any atom is 0.228 e. The first kappa shape index (κ1) is 19.6. The van der Waals surface area contributed by atoms with Crippen molar-refractivity contribution in [1.82, 2.24) is 0 Å². The average molecular weight is 357 g/mol. The summed E-state index contributed by atoms with van der Waals surface area (Å²) in [5.74, 6) is 1.45. The quantitative estimate of drug-likeness (QED) is 0.729. The number of carbonyl (C=O) groups excluding carboxylic acids is 1. The van der Waals surface area contributed by atoms with E-state index in [4.69, 9.17) is 14.2 Å². The first-order chi connectivity index (χ1) is 12.6. The van der Waals surface area contributed by atoms with Crippen LogP contribution in [0.4, 0.5) is 5.69 Å². The highest BCUT2D eigenvalue weighted by Crippen LogP contribution is 2.39. The smallest absolute Gasteiger partial charge is 0.228 e. The molecule has 0 unspecified atom stereocenters. The van der Waals surface area contributed by atoms with Crippen LogP contribution in [0.3, 0.4) is 0 Å². The Hall–Kier alpha value is -2.69. The minimum Gasteiger partial charge on any atom is -0.493 e. The zero-order valence-electron chi connectivity index (χ0n) is 15.9. The largest absolute Gasteiger partial charge is 0.493 e. The zero-order chi connectivity index (χ0) is 18.9. The fourth-order valence-corrected chi connectivity index (χ4v) is 2.82. The Bertz CT molecular complexity index is 726. The molecule has 0 heterocycles. The van der Waals surface area contributed by atoms with E-state index in [0.717, 1.165) is 17.7 Å². The molecule has 0 aliphatic heterocycles. The Morgan fingerprint density at radius 1 is 0.923 bits per heavy atom. The third-order valence-corrected chi connectivity index (χ3v) is 4.19. The van der Waals surface area contributed by atoms with Gasteiger partial charge in [-0.25, -0.2) is 0 Å². The molecule has 2 rings (SSSR count). The molecule has 0 aromatic heterocycles. The molecule has 0 saturated heterocycles. The van der Waals surface area contributed by atoms with E-state index in [1.54, 1.807) is 27.4 Å². The summed E-state index contributed by atoms with van der Waals surface area (Å²) >= 11 is 0. The molecule has 0 atom stereocenters. The van der Waals surface area contributed by atoms with Crippen molar-refractivity contribution >= 4 is 11.6 Å². The number of aryl methyl sites for hydroxylation is 1. The van der Waals surface area contributed by atoms with Crippen molar-refractivity contribution in [2.45, 2.75) is 32.6 Å². The predicted octanol–water partition coefficient (Wildman–Crippen LogP) is 4.24. The van der Waals surface area contributed by atoms with E-state index in [1.807, 2.05) is 18.2 Å².